The Labute approximate surface area is 186 Å². The average molecular weight is 407 g/mol. The van der Waals surface area contributed by atoms with E-state index in [0.717, 1.165) is 12.0 Å². The van der Waals surface area contributed by atoms with Gasteiger partial charge in [0, 0.05) is 5.56 Å². The van der Waals surface area contributed by atoms with Crippen molar-refractivity contribution >= 4 is 5.78 Å². The van der Waals surface area contributed by atoms with Crippen LogP contribution in [0.25, 0.3) is 22.3 Å². The monoisotopic (exact) mass is 406 g/mol. The molecule has 0 aliphatic rings. The maximum Gasteiger partial charge on any atom is 0.160 e. The van der Waals surface area contributed by atoms with Crippen molar-refractivity contribution in [2.24, 2.45) is 5.92 Å². The van der Waals surface area contributed by atoms with Crippen LogP contribution in [0.3, 0.4) is 0 Å². The summed E-state index contributed by atoms with van der Waals surface area (Å²) in [5.74, 6) is 0.677. The predicted octanol–water partition coefficient (Wildman–Crippen LogP) is 8.11. The van der Waals surface area contributed by atoms with E-state index < -0.39 is 0 Å². The van der Waals surface area contributed by atoms with Crippen LogP contribution in [0.5, 0.6) is 0 Å². The molecule has 0 fully saturated rings. The van der Waals surface area contributed by atoms with Crippen LogP contribution in [0.4, 0.5) is 0 Å². The van der Waals surface area contributed by atoms with Crippen molar-refractivity contribution < 1.29 is 4.79 Å². The Bertz CT molecular complexity index is 1040. The number of hydrogen-bond donors (Lipinski definition) is 0. The molecular weight excluding hydrogens is 376 g/mol. The molecule has 0 saturated heterocycles. The average Bonchev–Trinajstić information content (AvgIpc) is 2.81. The first-order valence-electron chi connectivity index (χ1n) is 10.8. The number of carbonyl (C=O) groups is 1. The fraction of sp³-hybridized carbons (Fsp3) is 0.167. The Hall–Kier alpha value is -3.45. The highest BCUT2D eigenvalue weighted by Crippen LogP contribution is 2.28. The zero-order valence-corrected chi connectivity index (χ0v) is 18.6. The number of Topliss-reactive ketones (excluding diaryl/α,β-unsaturated/α-hetero) is 1. The Kier molecular flexibility index (Phi) is 7.95. The Morgan fingerprint density at radius 3 is 1.48 bits per heavy atom. The van der Waals surface area contributed by atoms with Crippen LogP contribution in [0, 0.1) is 5.92 Å². The van der Waals surface area contributed by atoms with E-state index in [1.165, 1.54) is 27.8 Å². The summed E-state index contributed by atoms with van der Waals surface area (Å²) < 4.78 is 0. The molecule has 31 heavy (non-hydrogen) atoms. The maximum atomic E-state index is 11.8. The topological polar surface area (TPSA) is 17.1 Å². The molecule has 0 N–H and O–H groups in total. The number of benzene rings is 4. The highest BCUT2D eigenvalue weighted by molar-refractivity contribution is 5.97. The highest BCUT2D eigenvalue weighted by Gasteiger charge is 2.14. The SMILES string of the molecule is CC(=O)c1cccc(-c2ccccc2)c1CC(C)C.c1ccc(-c2ccccc2)cc1. The largest absolute Gasteiger partial charge is 0.295 e. The lowest BCUT2D eigenvalue weighted by Crippen LogP contribution is -2.05. The van der Waals surface area contributed by atoms with Crippen molar-refractivity contribution in [1.29, 1.82) is 0 Å². The van der Waals surface area contributed by atoms with Gasteiger partial charge in [-0.2, -0.15) is 0 Å². The second-order valence-corrected chi connectivity index (χ2v) is 8.08. The van der Waals surface area contributed by atoms with E-state index >= 15 is 0 Å². The summed E-state index contributed by atoms with van der Waals surface area (Å²) in [6.45, 7) is 6.02. The van der Waals surface area contributed by atoms with Crippen molar-refractivity contribution in [3.8, 4) is 22.3 Å². The molecule has 1 heteroatoms. The lowest BCUT2D eigenvalue weighted by molar-refractivity contribution is 0.101. The molecule has 156 valence electrons. The van der Waals surface area contributed by atoms with Gasteiger partial charge in [-0.15, -0.1) is 0 Å². The van der Waals surface area contributed by atoms with Gasteiger partial charge < -0.3 is 0 Å². The van der Waals surface area contributed by atoms with Crippen molar-refractivity contribution in [3.05, 3.63) is 120 Å². The molecule has 0 radical (unpaired) electrons. The van der Waals surface area contributed by atoms with Gasteiger partial charge in [0.1, 0.15) is 0 Å². The van der Waals surface area contributed by atoms with Crippen LogP contribution >= 0.6 is 0 Å². The van der Waals surface area contributed by atoms with E-state index in [1.54, 1.807) is 6.92 Å². The minimum absolute atomic E-state index is 0.147. The zero-order valence-electron chi connectivity index (χ0n) is 18.6. The Morgan fingerprint density at radius 1 is 0.613 bits per heavy atom. The van der Waals surface area contributed by atoms with E-state index in [2.05, 4.69) is 80.6 Å². The first-order chi connectivity index (χ1) is 15.1. The molecule has 0 aromatic heterocycles. The number of ketones is 1. The maximum absolute atomic E-state index is 11.8. The third kappa shape index (κ3) is 6.26. The van der Waals surface area contributed by atoms with Crippen LogP contribution in [0.1, 0.15) is 36.7 Å². The van der Waals surface area contributed by atoms with Gasteiger partial charge in [-0.1, -0.05) is 123 Å². The predicted molar refractivity (Wildman–Crippen MR) is 132 cm³/mol. The van der Waals surface area contributed by atoms with Crippen LogP contribution in [0.2, 0.25) is 0 Å². The molecule has 0 aliphatic carbocycles. The van der Waals surface area contributed by atoms with E-state index in [0.29, 0.717) is 5.92 Å². The van der Waals surface area contributed by atoms with E-state index in [9.17, 15) is 4.79 Å². The minimum atomic E-state index is 0.147. The van der Waals surface area contributed by atoms with Crippen LogP contribution in [-0.4, -0.2) is 5.78 Å². The van der Waals surface area contributed by atoms with Crippen LogP contribution in [-0.2, 0) is 6.42 Å². The smallest absolute Gasteiger partial charge is 0.160 e. The second kappa shape index (κ2) is 11.1. The summed E-state index contributed by atoms with van der Waals surface area (Å²) in [6, 6.07) is 37.1. The summed E-state index contributed by atoms with van der Waals surface area (Å²) in [6.07, 6.45) is 0.931. The fourth-order valence-electron chi connectivity index (χ4n) is 3.69. The first kappa shape index (κ1) is 22.2. The van der Waals surface area contributed by atoms with E-state index in [4.69, 9.17) is 0 Å². The zero-order chi connectivity index (χ0) is 22.1. The minimum Gasteiger partial charge on any atom is -0.295 e. The van der Waals surface area contributed by atoms with Gasteiger partial charge in [-0.25, -0.2) is 0 Å². The van der Waals surface area contributed by atoms with Crippen LogP contribution < -0.4 is 0 Å². The Morgan fingerprint density at radius 2 is 1.06 bits per heavy atom. The molecule has 4 rings (SSSR count). The van der Waals surface area contributed by atoms with Crippen molar-refractivity contribution in [2.75, 3.05) is 0 Å². The quantitative estimate of drug-likeness (QED) is 0.306. The Balaban J connectivity index is 0.000000194. The summed E-state index contributed by atoms with van der Waals surface area (Å²) in [7, 11) is 0. The summed E-state index contributed by atoms with van der Waals surface area (Å²) in [5.41, 5.74) is 6.95. The molecule has 1 nitrogen and oxygen atoms in total. The van der Waals surface area contributed by atoms with Crippen molar-refractivity contribution in [3.63, 3.8) is 0 Å². The van der Waals surface area contributed by atoms with Gasteiger partial charge in [0.05, 0.1) is 0 Å². The molecule has 0 amide bonds. The lowest BCUT2D eigenvalue weighted by atomic mass is 9.89. The fourth-order valence-corrected chi connectivity index (χ4v) is 3.69. The number of rotatable bonds is 5. The first-order valence-corrected chi connectivity index (χ1v) is 10.8. The molecule has 0 saturated carbocycles. The van der Waals surface area contributed by atoms with Gasteiger partial charge in [0.25, 0.3) is 0 Å². The molecule has 0 bridgehead atoms. The standard InChI is InChI=1S/C18H20O.C12H10/c1-13(2)12-18-16(14(3)19)10-7-11-17(18)15-8-5-4-6-9-15;1-3-7-11(8-4-1)12-9-5-2-6-10-12/h4-11,13H,12H2,1-3H3;1-10H. The van der Waals surface area contributed by atoms with Crippen molar-refractivity contribution in [2.45, 2.75) is 27.2 Å². The molecular formula is C30H30O. The van der Waals surface area contributed by atoms with Gasteiger partial charge >= 0.3 is 0 Å². The molecule has 0 aliphatic heterocycles. The molecule has 0 unspecified atom stereocenters. The van der Waals surface area contributed by atoms with E-state index in [1.807, 2.05) is 42.5 Å². The third-order valence-corrected chi connectivity index (χ3v) is 5.13. The van der Waals surface area contributed by atoms with Gasteiger partial charge in [-0.3, -0.25) is 4.79 Å². The van der Waals surface area contributed by atoms with Gasteiger partial charge in [0.2, 0.25) is 0 Å². The third-order valence-electron chi connectivity index (χ3n) is 5.13. The summed E-state index contributed by atoms with van der Waals surface area (Å²) >= 11 is 0. The summed E-state index contributed by atoms with van der Waals surface area (Å²) in [5, 5.41) is 0. The van der Waals surface area contributed by atoms with Crippen LogP contribution in [0.15, 0.2) is 109 Å². The van der Waals surface area contributed by atoms with E-state index in [-0.39, 0.29) is 5.78 Å². The molecule has 0 heterocycles. The number of carbonyl (C=O) groups excluding carboxylic acids is 1. The molecule has 4 aromatic carbocycles. The molecule has 0 spiro atoms. The highest BCUT2D eigenvalue weighted by atomic mass is 16.1. The van der Waals surface area contributed by atoms with Crippen molar-refractivity contribution in [1.82, 2.24) is 0 Å². The molecule has 4 aromatic rings. The normalized spacial score (nSPS) is 10.3. The molecule has 0 atom stereocenters. The summed E-state index contributed by atoms with van der Waals surface area (Å²) in [4.78, 5) is 11.8. The number of hydrogen-bond acceptors (Lipinski definition) is 1. The van der Waals surface area contributed by atoms with Gasteiger partial charge in [-0.05, 0) is 47.1 Å². The second-order valence-electron chi connectivity index (χ2n) is 8.08. The van der Waals surface area contributed by atoms with Gasteiger partial charge in [0.15, 0.2) is 5.78 Å². The lowest BCUT2D eigenvalue weighted by Gasteiger charge is -2.15.